The Morgan fingerprint density at radius 3 is 2.26 bits per heavy atom. The zero-order valence-corrected chi connectivity index (χ0v) is 13.2. The number of aliphatic hydroxyl groups is 1. The van der Waals surface area contributed by atoms with Crippen molar-refractivity contribution in [1.82, 2.24) is 0 Å². The van der Waals surface area contributed by atoms with Crippen molar-refractivity contribution in [2.24, 2.45) is 23.7 Å². The van der Waals surface area contributed by atoms with Gasteiger partial charge in [0.05, 0.1) is 6.10 Å². The number of Topliss-reactive ketones (excluding diaryl/α,β-unsaturated/α-hetero) is 1. The van der Waals surface area contributed by atoms with Gasteiger partial charge in [-0.25, -0.2) is 0 Å². The molecule has 2 nitrogen and oxygen atoms in total. The molecule has 1 N–H and O–H groups in total. The molecule has 1 rings (SSSR count). The Kier molecular flexibility index (Phi) is 7.06. The summed E-state index contributed by atoms with van der Waals surface area (Å²) in [6.07, 6.45) is 6.43. The van der Waals surface area contributed by atoms with Crippen LogP contribution in [0.1, 0.15) is 72.6 Å². The average molecular weight is 268 g/mol. The Morgan fingerprint density at radius 1 is 1.11 bits per heavy atom. The maximum Gasteiger partial charge on any atom is 0.133 e. The van der Waals surface area contributed by atoms with Gasteiger partial charge in [0.2, 0.25) is 0 Å². The fourth-order valence-electron chi connectivity index (χ4n) is 3.18. The first-order valence-electron chi connectivity index (χ1n) is 8.17. The van der Waals surface area contributed by atoms with Crippen LogP contribution in [-0.2, 0) is 4.79 Å². The summed E-state index contributed by atoms with van der Waals surface area (Å²) >= 11 is 0. The average Bonchev–Trinajstić information content (AvgIpc) is 2.40. The van der Waals surface area contributed by atoms with Gasteiger partial charge in [0.1, 0.15) is 5.78 Å². The van der Waals surface area contributed by atoms with Gasteiger partial charge in [-0.2, -0.15) is 0 Å². The molecule has 0 spiro atoms. The molecular weight excluding hydrogens is 236 g/mol. The minimum atomic E-state index is -0.254. The Hall–Kier alpha value is -0.370. The van der Waals surface area contributed by atoms with Crippen LogP contribution in [0.15, 0.2) is 0 Å². The molecule has 5 atom stereocenters. The molecule has 1 fully saturated rings. The molecule has 2 heteroatoms. The third kappa shape index (κ3) is 5.25. The van der Waals surface area contributed by atoms with Crippen molar-refractivity contribution >= 4 is 5.78 Å². The molecule has 1 aliphatic rings. The lowest BCUT2D eigenvalue weighted by atomic mass is 9.72. The first-order valence-corrected chi connectivity index (χ1v) is 8.17. The van der Waals surface area contributed by atoms with Crippen LogP contribution in [0.4, 0.5) is 0 Å². The summed E-state index contributed by atoms with van der Waals surface area (Å²) in [7, 11) is 0. The molecular formula is C17H32O2. The molecule has 112 valence electrons. The van der Waals surface area contributed by atoms with Gasteiger partial charge in [-0.1, -0.05) is 47.0 Å². The number of carbonyl (C=O) groups is 1. The van der Waals surface area contributed by atoms with E-state index < -0.39 is 0 Å². The number of rotatable bonds is 7. The lowest BCUT2D eigenvalue weighted by molar-refractivity contribution is -0.128. The first-order chi connectivity index (χ1) is 8.97. The van der Waals surface area contributed by atoms with E-state index in [9.17, 15) is 9.90 Å². The number of hydrogen-bond donors (Lipinski definition) is 1. The molecule has 0 heterocycles. The van der Waals surface area contributed by atoms with E-state index in [1.54, 1.807) is 0 Å². The molecule has 5 unspecified atom stereocenters. The zero-order chi connectivity index (χ0) is 14.4. The van der Waals surface area contributed by atoms with Crippen LogP contribution in [0, 0.1) is 23.7 Å². The summed E-state index contributed by atoms with van der Waals surface area (Å²) in [5.74, 6) is 2.10. The van der Waals surface area contributed by atoms with Crippen LogP contribution >= 0.6 is 0 Å². The Bertz CT molecular complexity index is 274. The number of ketones is 1. The van der Waals surface area contributed by atoms with Crippen molar-refractivity contribution in [1.29, 1.82) is 0 Å². The van der Waals surface area contributed by atoms with Crippen molar-refractivity contribution in [3.8, 4) is 0 Å². The van der Waals surface area contributed by atoms with Crippen LogP contribution in [0.25, 0.3) is 0 Å². The number of hydrogen-bond acceptors (Lipinski definition) is 2. The molecule has 1 aliphatic carbocycles. The van der Waals surface area contributed by atoms with E-state index in [0.29, 0.717) is 30.5 Å². The molecule has 19 heavy (non-hydrogen) atoms. The van der Waals surface area contributed by atoms with E-state index in [1.807, 2.05) is 0 Å². The third-order valence-corrected chi connectivity index (χ3v) is 5.07. The van der Waals surface area contributed by atoms with Crippen molar-refractivity contribution in [3.05, 3.63) is 0 Å². The van der Waals surface area contributed by atoms with E-state index in [4.69, 9.17) is 0 Å². The second-order valence-corrected chi connectivity index (χ2v) is 6.80. The van der Waals surface area contributed by atoms with Crippen LogP contribution in [0.3, 0.4) is 0 Å². The summed E-state index contributed by atoms with van der Waals surface area (Å²) in [6.45, 7) is 8.87. The van der Waals surface area contributed by atoms with Crippen molar-refractivity contribution in [2.45, 2.75) is 78.7 Å². The van der Waals surface area contributed by atoms with Crippen LogP contribution in [0.5, 0.6) is 0 Å². The molecule has 0 aromatic rings. The van der Waals surface area contributed by atoms with Gasteiger partial charge in [-0.15, -0.1) is 0 Å². The molecule has 0 amide bonds. The van der Waals surface area contributed by atoms with E-state index in [2.05, 4.69) is 27.7 Å². The third-order valence-electron chi connectivity index (χ3n) is 5.07. The SMILES string of the molecule is CCC(C)CCC1CC(=O)CC(CC(C)CC)C1O. The van der Waals surface area contributed by atoms with Crippen LogP contribution in [-0.4, -0.2) is 17.0 Å². The van der Waals surface area contributed by atoms with E-state index in [1.165, 1.54) is 6.42 Å². The summed E-state index contributed by atoms with van der Waals surface area (Å²) in [5, 5.41) is 10.5. The quantitative estimate of drug-likeness (QED) is 0.751. The second kappa shape index (κ2) is 8.04. The minimum Gasteiger partial charge on any atom is -0.393 e. The van der Waals surface area contributed by atoms with Gasteiger partial charge >= 0.3 is 0 Å². The Labute approximate surface area is 119 Å². The van der Waals surface area contributed by atoms with Gasteiger partial charge in [0.25, 0.3) is 0 Å². The molecule has 0 radical (unpaired) electrons. The summed E-state index contributed by atoms with van der Waals surface area (Å²) < 4.78 is 0. The lowest BCUT2D eigenvalue weighted by Gasteiger charge is -2.35. The fourth-order valence-corrected chi connectivity index (χ4v) is 3.18. The van der Waals surface area contributed by atoms with Crippen molar-refractivity contribution in [3.63, 3.8) is 0 Å². The molecule has 1 saturated carbocycles. The monoisotopic (exact) mass is 268 g/mol. The fraction of sp³-hybridized carbons (Fsp3) is 0.941. The summed E-state index contributed by atoms with van der Waals surface area (Å²) in [5.41, 5.74) is 0. The van der Waals surface area contributed by atoms with E-state index in [-0.39, 0.29) is 17.9 Å². The highest BCUT2D eigenvalue weighted by Gasteiger charge is 2.35. The Balaban J connectivity index is 2.54. The maximum absolute atomic E-state index is 11.9. The van der Waals surface area contributed by atoms with Crippen molar-refractivity contribution in [2.75, 3.05) is 0 Å². The smallest absolute Gasteiger partial charge is 0.133 e. The van der Waals surface area contributed by atoms with E-state index in [0.717, 1.165) is 25.7 Å². The standard InChI is InChI=1S/C17H32O2/c1-5-12(3)7-8-14-10-16(18)11-15(17(14)19)9-13(4)6-2/h12-15,17,19H,5-11H2,1-4H3. The number of aliphatic hydroxyl groups excluding tert-OH is 1. The molecule has 0 aromatic heterocycles. The largest absolute Gasteiger partial charge is 0.393 e. The molecule has 0 bridgehead atoms. The Morgan fingerprint density at radius 2 is 1.68 bits per heavy atom. The highest BCUT2D eigenvalue weighted by molar-refractivity contribution is 5.79. The summed E-state index contributed by atoms with van der Waals surface area (Å²) in [4.78, 5) is 11.9. The van der Waals surface area contributed by atoms with Crippen LogP contribution < -0.4 is 0 Å². The zero-order valence-electron chi connectivity index (χ0n) is 13.2. The predicted octanol–water partition coefficient (Wildman–Crippen LogP) is 4.21. The van der Waals surface area contributed by atoms with E-state index >= 15 is 0 Å². The second-order valence-electron chi connectivity index (χ2n) is 6.80. The van der Waals surface area contributed by atoms with Gasteiger partial charge < -0.3 is 5.11 Å². The maximum atomic E-state index is 11.9. The summed E-state index contributed by atoms with van der Waals surface area (Å²) in [6, 6.07) is 0. The normalized spacial score (nSPS) is 31.2. The molecule has 0 aliphatic heterocycles. The highest BCUT2D eigenvalue weighted by atomic mass is 16.3. The van der Waals surface area contributed by atoms with Gasteiger partial charge in [0.15, 0.2) is 0 Å². The number of carbonyl (C=O) groups excluding carboxylic acids is 1. The molecule has 0 aromatic carbocycles. The first kappa shape index (κ1) is 16.7. The minimum absolute atomic E-state index is 0.207. The topological polar surface area (TPSA) is 37.3 Å². The van der Waals surface area contributed by atoms with Gasteiger partial charge in [0, 0.05) is 12.8 Å². The predicted molar refractivity (Wildman–Crippen MR) is 80.0 cm³/mol. The van der Waals surface area contributed by atoms with Crippen LogP contribution in [0.2, 0.25) is 0 Å². The van der Waals surface area contributed by atoms with Gasteiger partial charge in [-0.05, 0) is 36.5 Å². The van der Waals surface area contributed by atoms with Gasteiger partial charge in [-0.3, -0.25) is 4.79 Å². The van der Waals surface area contributed by atoms with Crippen molar-refractivity contribution < 1.29 is 9.90 Å². The highest BCUT2D eigenvalue weighted by Crippen LogP contribution is 2.35. The lowest BCUT2D eigenvalue weighted by Crippen LogP contribution is -2.38. The molecule has 0 saturated heterocycles.